The van der Waals surface area contributed by atoms with Crippen LogP contribution in [0.1, 0.15) is 34.1 Å². The zero-order valence-electron chi connectivity index (χ0n) is 9.39. The van der Waals surface area contributed by atoms with Crippen LogP contribution in [0.25, 0.3) is 0 Å². The fourth-order valence-electron chi connectivity index (χ4n) is 1.67. The monoisotopic (exact) mass is 195 g/mol. The summed E-state index contributed by atoms with van der Waals surface area (Å²) in [5, 5.41) is 3.18. The van der Waals surface area contributed by atoms with Crippen LogP contribution in [0.5, 0.6) is 0 Å². The first-order valence-electron chi connectivity index (χ1n) is 5.20. The van der Waals surface area contributed by atoms with Crippen molar-refractivity contribution in [3.63, 3.8) is 0 Å². The molecule has 3 nitrogen and oxygen atoms in total. The van der Waals surface area contributed by atoms with Crippen molar-refractivity contribution in [2.24, 2.45) is 0 Å². The standard InChI is InChI=1S/C10H18BNO2/c1-9(2)10(3,4)14-11(13-9)8-5-6-12-7-8/h7,12H,5-6H2,1-4H3. The van der Waals surface area contributed by atoms with Gasteiger partial charge in [-0.25, -0.2) is 0 Å². The summed E-state index contributed by atoms with van der Waals surface area (Å²) in [6.07, 6.45) is 3.04. The lowest BCUT2D eigenvalue weighted by Gasteiger charge is -2.32. The van der Waals surface area contributed by atoms with E-state index in [0.717, 1.165) is 13.0 Å². The number of rotatable bonds is 1. The Kier molecular flexibility index (Phi) is 2.16. The van der Waals surface area contributed by atoms with E-state index < -0.39 is 0 Å². The first kappa shape index (κ1) is 10.1. The van der Waals surface area contributed by atoms with Gasteiger partial charge in [0.2, 0.25) is 0 Å². The summed E-state index contributed by atoms with van der Waals surface area (Å²) < 4.78 is 11.8. The minimum atomic E-state index is -0.221. The van der Waals surface area contributed by atoms with Crippen LogP contribution in [0.3, 0.4) is 0 Å². The minimum Gasteiger partial charge on any atom is -0.400 e. The summed E-state index contributed by atoms with van der Waals surface area (Å²) >= 11 is 0. The van der Waals surface area contributed by atoms with Gasteiger partial charge in [-0.2, -0.15) is 0 Å². The molecule has 0 saturated carbocycles. The van der Waals surface area contributed by atoms with Gasteiger partial charge < -0.3 is 14.6 Å². The van der Waals surface area contributed by atoms with Gasteiger partial charge in [0.1, 0.15) is 0 Å². The van der Waals surface area contributed by atoms with Gasteiger partial charge in [0.05, 0.1) is 11.2 Å². The molecule has 2 heterocycles. The molecule has 0 spiro atoms. The molecule has 0 amide bonds. The molecular weight excluding hydrogens is 177 g/mol. The molecule has 0 bridgehead atoms. The van der Waals surface area contributed by atoms with Crippen LogP contribution in [-0.4, -0.2) is 24.9 Å². The van der Waals surface area contributed by atoms with E-state index in [1.807, 2.05) is 6.20 Å². The molecule has 78 valence electrons. The van der Waals surface area contributed by atoms with E-state index in [1.54, 1.807) is 0 Å². The van der Waals surface area contributed by atoms with Crippen LogP contribution < -0.4 is 5.32 Å². The van der Waals surface area contributed by atoms with Crippen molar-refractivity contribution in [3.05, 3.63) is 11.7 Å². The zero-order valence-corrected chi connectivity index (χ0v) is 9.39. The summed E-state index contributed by atoms with van der Waals surface area (Å²) in [5.74, 6) is 0. The molecule has 0 aromatic carbocycles. The molecule has 0 radical (unpaired) electrons. The summed E-state index contributed by atoms with van der Waals surface area (Å²) in [6.45, 7) is 9.32. The SMILES string of the molecule is CC1(C)OB(C2=CNCC2)OC1(C)C. The molecule has 0 atom stereocenters. The van der Waals surface area contributed by atoms with Crippen LogP contribution in [0.15, 0.2) is 11.7 Å². The molecule has 4 heteroatoms. The Labute approximate surface area is 86.0 Å². The number of nitrogens with one attached hydrogen (secondary N) is 1. The van der Waals surface area contributed by atoms with Crippen molar-refractivity contribution in [1.82, 2.24) is 5.32 Å². The zero-order chi connectivity index (χ0) is 10.4. The van der Waals surface area contributed by atoms with Crippen molar-refractivity contribution in [2.45, 2.75) is 45.3 Å². The topological polar surface area (TPSA) is 30.5 Å². The first-order valence-corrected chi connectivity index (χ1v) is 5.20. The first-order chi connectivity index (χ1) is 6.42. The maximum atomic E-state index is 5.92. The highest BCUT2D eigenvalue weighted by atomic mass is 16.7. The second-order valence-corrected chi connectivity index (χ2v) is 5.01. The van der Waals surface area contributed by atoms with Crippen molar-refractivity contribution in [2.75, 3.05) is 6.54 Å². The molecule has 0 aliphatic carbocycles. The Balaban J connectivity index is 2.13. The molecule has 14 heavy (non-hydrogen) atoms. The lowest BCUT2D eigenvalue weighted by atomic mass is 9.78. The molecule has 0 unspecified atom stereocenters. The van der Waals surface area contributed by atoms with Crippen LogP contribution in [0.2, 0.25) is 0 Å². The molecule has 1 saturated heterocycles. The van der Waals surface area contributed by atoms with Crippen molar-refractivity contribution in [3.8, 4) is 0 Å². The summed E-state index contributed by atoms with van der Waals surface area (Å²) in [7, 11) is -0.157. The van der Waals surface area contributed by atoms with Gasteiger partial charge in [-0.1, -0.05) is 0 Å². The van der Waals surface area contributed by atoms with Crippen molar-refractivity contribution in [1.29, 1.82) is 0 Å². The maximum Gasteiger partial charge on any atom is 0.492 e. The van der Waals surface area contributed by atoms with Crippen molar-refractivity contribution < 1.29 is 9.31 Å². The van der Waals surface area contributed by atoms with Crippen LogP contribution in [-0.2, 0) is 9.31 Å². The van der Waals surface area contributed by atoms with E-state index in [1.165, 1.54) is 5.47 Å². The normalized spacial score (nSPS) is 28.9. The average molecular weight is 195 g/mol. The van der Waals surface area contributed by atoms with Crippen LogP contribution in [0, 0.1) is 0 Å². The Morgan fingerprint density at radius 1 is 1.21 bits per heavy atom. The van der Waals surface area contributed by atoms with Crippen LogP contribution in [0.4, 0.5) is 0 Å². The van der Waals surface area contributed by atoms with E-state index in [4.69, 9.17) is 9.31 Å². The van der Waals surface area contributed by atoms with E-state index in [2.05, 4.69) is 33.0 Å². The summed E-state index contributed by atoms with van der Waals surface area (Å²) in [5.41, 5.74) is 0.783. The second kappa shape index (κ2) is 3.01. The van der Waals surface area contributed by atoms with Gasteiger partial charge in [0.25, 0.3) is 0 Å². The third kappa shape index (κ3) is 1.46. The Bertz CT molecular complexity index is 257. The highest BCUT2D eigenvalue weighted by Crippen LogP contribution is 2.39. The van der Waals surface area contributed by atoms with Gasteiger partial charge in [-0.15, -0.1) is 0 Å². The van der Waals surface area contributed by atoms with Gasteiger partial charge >= 0.3 is 7.12 Å². The molecule has 2 aliphatic rings. The summed E-state index contributed by atoms with van der Waals surface area (Å²) in [4.78, 5) is 0. The smallest absolute Gasteiger partial charge is 0.400 e. The fourth-order valence-corrected chi connectivity index (χ4v) is 1.67. The Morgan fingerprint density at radius 3 is 2.21 bits per heavy atom. The molecule has 1 N–H and O–H groups in total. The van der Waals surface area contributed by atoms with Gasteiger partial charge in [0, 0.05) is 6.54 Å². The molecule has 0 aromatic heterocycles. The largest absolute Gasteiger partial charge is 0.492 e. The van der Waals surface area contributed by atoms with E-state index in [0.29, 0.717) is 0 Å². The molecule has 0 aromatic rings. The highest BCUT2D eigenvalue weighted by Gasteiger charge is 2.52. The van der Waals surface area contributed by atoms with E-state index in [9.17, 15) is 0 Å². The van der Waals surface area contributed by atoms with E-state index >= 15 is 0 Å². The predicted molar refractivity (Wildman–Crippen MR) is 56.8 cm³/mol. The maximum absolute atomic E-state index is 5.92. The number of hydrogen-bond acceptors (Lipinski definition) is 3. The third-order valence-electron chi connectivity index (χ3n) is 3.40. The quantitative estimate of drug-likeness (QED) is 0.643. The molecule has 2 rings (SSSR count). The lowest BCUT2D eigenvalue weighted by molar-refractivity contribution is 0.00578. The van der Waals surface area contributed by atoms with Crippen molar-refractivity contribution >= 4 is 7.12 Å². The van der Waals surface area contributed by atoms with Gasteiger partial charge in [-0.05, 0) is 45.8 Å². The van der Waals surface area contributed by atoms with E-state index in [-0.39, 0.29) is 18.3 Å². The highest BCUT2D eigenvalue weighted by molar-refractivity contribution is 6.54. The molecule has 2 aliphatic heterocycles. The lowest BCUT2D eigenvalue weighted by Crippen LogP contribution is -2.41. The average Bonchev–Trinajstić information content (AvgIpc) is 2.58. The minimum absolute atomic E-state index is 0.157. The Morgan fingerprint density at radius 2 is 1.79 bits per heavy atom. The second-order valence-electron chi connectivity index (χ2n) is 5.01. The van der Waals surface area contributed by atoms with Gasteiger partial charge in [-0.3, -0.25) is 0 Å². The Hall–Kier alpha value is -0.475. The summed E-state index contributed by atoms with van der Waals surface area (Å²) in [6, 6.07) is 0. The molecule has 1 fully saturated rings. The van der Waals surface area contributed by atoms with Gasteiger partial charge in [0.15, 0.2) is 0 Å². The fraction of sp³-hybridized carbons (Fsp3) is 0.800. The van der Waals surface area contributed by atoms with Crippen LogP contribution >= 0.6 is 0 Å². The predicted octanol–water partition coefficient (Wildman–Crippen LogP) is 1.49. The third-order valence-corrected chi connectivity index (χ3v) is 3.40. The molecular formula is C10H18BNO2. The number of hydrogen-bond donors (Lipinski definition) is 1.